The first-order chi connectivity index (χ1) is 7.58. The van der Waals surface area contributed by atoms with Gasteiger partial charge in [0.1, 0.15) is 11.7 Å². The average molecular weight is 284 g/mol. The normalized spacial score (nSPS) is 11.6. The summed E-state index contributed by atoms with van der Waals surface area (Å²) in [4.78, 5) is 10.7. The maximum absolute atomic E-state index is 10.7. The lowest BCUT2D eigenvalue weighted by atomic mass is 10.0. The highest BCUT2D eigenvalue weighted by Gasteiger charge is 2.19. The number of halogens is 1. The molecular formula is C11H10BrNO3. The van der Waals surface area contributed by atoms with Crippen molar-refractivity contribution in [1.82, 2.24) is 0 Å². The summed E-state index contributed by atoms with van der Waals surface area (Å²) in [5, 5.41) is 17.5. The third-order valence-corrected chi connectivity index (χ3v) is 2.61. The zero-order valence-corrected chi connectivity index (χ0v) is 10.2. The standard InChI is InChI=1S/C11H10BrNO3/c1-16-10-3-2-9(12)5-7(10)4-8(6-13)11(14)15/h2-3,5,8H,4H2,1H3,(H,14,15)/t8-/m1/s1. The van der Waals surface area contributed by atoms with Crippen LogP contribution in [0.2, 0.25) is 0 Å². The summed E-state index contributed by atoms with van der Waals surface area (Å²) < 4.78 is 5.93. The molecule has 0 radical (unpaired) electrons. The molecule has 0 unspecified atom stereocenters. The molecule has 0 saturated heterocycles. The smallest absolute Gasteiger partial charge is 0.321 e. The Labute approximate surface area is 102 Å². The van der Waals surface area contributed by atoms with Gasteiger partial charge in [0.2, 0.25) is 0 Å². The lowest BCUT2D eigenvalue weighted by Crippen LogP contribution is -2.14. The van der Waals surface area contributed by atoms with Crippen LogP contribution in [0.15, 0.2) is 22.7 Å². The first-order valence-electron chi connectivity index (χ1n) is 4.53. The van der Waals surface area contributed by atoms with Gasteiger partial charge in [-0.1, -0.05) is 15.9 Å². The minimum Gasteiger partial charge on any atom is -0.496 e. The van der Waals surface area contributed by atoms with E-state index in [2.05, 4.69) is 15.9 Å². The summed E-state index contributed by atoms with van der Waals surface area (Å²) in [5.74, 6) is -1.59. The van der Waals surface area contributed by atoms with Gasteiger partial charge in [-0.05, 0) is 23.8 Å². The molecule has 0 heterocycles. The van der Waals surface area contributed by atoms with E-state index in [1.54, 1.807) is 24.3 Å². The molecule has 5 heteroatoms. The zero-order valence-electron chi connectivity index (χ0n) is 8.61. The van der Waals surface area contributed by atoms with Crippen molar-refractivity contribution in [2.75, 3.05) is 7.11 Å². The molecule has 1 N–H and O–H groups in total. The molecule has 0 spiro atoms. The molecule has 0 amide bonds. The van der Waals surface area contributed by atoms with E-state index >= 15 is 0 Å². The molecule has 1 rings (SSSR count). The molecule has 0 bridgehead atoms. The number of carboxylic acid groups (broad SMARTS) is 1. The number of nitriles is 1. The maximum Gasteiger partial charge on any atom is 0.321 e. The molecule has 16 heavy (non-hydrogen) atoms. The van der Waals surface area contributed by atoms with Crippen molar-refractivity contribution in [3.8, 4) is 11.8 Å². The number of hydrogen-bond acceptors (Lipinski definition) is 3. The van der Waals surface area contributed by atoms with E-state index in [-0.39, 0.29) is 6.42 Å². The fourth-order valence-electron chi connectivity index (χ4n) is 1.31. The minimum absolute atomic E-state index is 0.133. The highest BCUT2D eigenvalue weighted by Crippen LogP contribution is 2.25. The van der Waals surface area contributed by atoms with Crippen LogP contribution in [0, 0.1) is 17.2 Å². The van der Waals surface area contributed by atoms with Gasteiger partial charge < -0.3 is 9.84 Å². The summed E-state index contributed by atoms with van der Waals surface area (Å²) in [7, 11) is 1.51. The van der Waals surface area contributed by atoms with E-state index < -0.39 is 11.9 Å². The zero-order chi connectivity index (χ0) is 12.1. The highest BCUT2D eigenvalue weighted by molar-refractivity contribution is 9.10. The fourth-order valence-corrected chi connectivity index (χ4v) is 1.72. The minimum atomic E-state index is -1.12. The van der Waals surface area contributed by atoms with Crippen molar-refractivity contribution in [3.05, 3.63) is 28.2 Å². The Balaban J connectivity index is 2.99. The topological polar surface area (TPSA) is 70.3 Å². The van der Waals surface area contributed by atoms with Gasteiger partial charge in [-0.3, -0.25) is 4.79 Å². The van der Waals surface area contributed by atoms with E-state index in [0.717, 1.165) is 4.47 Å². The Morgan fingerprint density at radius 1 is 1.69 bits per heavy atom. The van der Waals surface area contributed by atoms with Gasteiger partial charge in [-0.15, -0.1) is 0 Å². The molecule has 0 aliphatic rings. The molecular weight excluding hydrogens is 274 g/mol. The molecule has 1 atom stereocenters. The lowest BCUT2D eigenvalue weighted by molar-refractivity contribution is -0.139. The van der Waals surface area contributed by atoms with Crippen molar-refractivity contribution in [2.24, 2.45) is 5.92 Å². The van der Waals surface area contributed by atoms with E-state index in [4.69, 9.17) is 15.1 Å². The molecule has 84 valence electrons. The average Bonchev–Trinajstić information content (AvgIpc) is 2.25. The summed E-state index contributed by atoms with van der Waals surface area (Å²) >= 11 is 3.29. The number of ether oxygens (including phenoxy) is 1. The van der Waals surface area contributed by atoms with Crippen molar-refractivity contribution < 1.29 is 14.6 Å². The number of benzene rings is 1. The molecule has 0 aliphatic carbocycles. The van der Waals surface area contributed by atoms with Gasteiger partial charge in [0.25, 0.3) is 0 Å². The molecule has 0 saturated carbocycles. The molecule has 1 aromatic carbocycles. The van der Waals surface area contributed by atoms with Gasteiger partial charge in [0.15, 0.2) is 0 Å². The monoisotopic (exact) mass is 283 g/mol. The first kappa shape index (κ1) is 12.5. The van der Waals surface area contributed by atoms with E-state index in [0.29, 0.717) is 11.3 Å². The van der Waals surface area contributed by atoms with Gasteiger partial charge in [-0.2, -0.15) is 5.26 Å². The molecule has 0 aliphatic heterocycles. The first-order valence-corrected chi connectivity index (χ1v) is 5.32. The van der Waals surface area contributed by atoms with E-state index in [1.165, 1.54) is 7.11 Å². The summed E-state index contributed by atoms with van der Waals surface area (Å²) in [6, 6.07) is 7.03. The number of carboxylic acids is 1. The lowest BCUT2D eigenvalue weighted by Gasteiger charge is -2.10. The number of carbonyl (C=O) groups is 1. The van der Waals surface area contributed by atoms with Crippen LogP contribution in [-0.4, -0.2) is 18.2 Å². The molecule has 4 nitrogen and oxygen atoms in total. The van der Waals surface area contributed by atoms with E-state index in [9.17, 15) is 4.79 Å². The van der Waals surface area contributed by atoms with Gasteiger partial charge in [0.05, 0.1) is 13.2 Å². The Morgan fingerprint density at radius 2 is 2.38 bits per heavy atom. The third-order valence-electron chi connectivity index (χ3n) is 2.12. The Morgan fingerprint density at radius 3 is 2.88 bits per heavy atom. The van der Waals surface area contributed by atoms with Crippen molar-refractivity contribution >= 4 is 21.9 Å². The van der Waals surface area contributed by atoms with Gasteiger partial charge >= 0.3 is 5.97 Å². The Kier molecular flexibility index (Phi) is 4.32. The Hall–Kier alpha value is -1.54. The Bertz CT molecular complexity index is 439. The maximum atomic E-state index is 10.7. The molecule has 0 aromatic heterocycles. The van der Waals surface area contributed by atoms with Crippen LogP contribution in [-0.2, 0) is 11.2 Å². The predicted octanol–water partition coefficient (Wildman–Crippen LogP) is 2.22. The molecule has 0 fully saturated rings. The van der Waals surface area contributed by atoms with Crippen molar-refractivity contribution in [3.63, 3.8) is 0 Å². The summed E-state index contributed by atoms with van der Waals surface area (Å²) in [6.07, 6.45) is 0.133. The third kappa shape index (κ3) is 2.97. The number of hydrogen-bond donors (Lipinski definition) is 1. The van der Waals surface area contributed by atoms with Crippen molar-refractivity contribution in [2.45, 2.75) is 6.42 Å². The fraction of sp³-hybridized carbons (Fsp3) is 0.273. The summed E-state index contributed by atoms with van der Waals surface area (Å²) in [6.45, 7) is 0. The van der Waals surface area contributed by atoms with Crippen LogP contribution in [0.5, 0.6) is 5.75 Å². The number of methoxy groups -OCH3 is 1. The largest absolute Gasteiger partial charge is 0.496 e. The van der Waals surface area contributed by atoms with E-state index in [1.807, 2.05) is 0 Å². The quantitative estimate of drug-likeness (QED) is 0.920. The second-order valence-corrected chi connectivity index (χ2v) is 4.10. The van der Waals surface area contributed by atoms with Crippen LogP contribution in [0.4, 0.5) is 0 Å². The van der Waals surface area contributed by atoms with Crippen LogP contribution in [0.3, 0.4) is 0 Å². The van der Waals surface area contributed by atoms with Crippen LogP contribution in [0.25, 0.3) is 0 Å². The number of rotatable bonds is 4. The molecule has 1 aromatic rings. The van der Waals surface area contributed by atoms with Gasteiger partial charge in [0, 0.05) is 10.9 Å². The number of aliphatic carboxylic acids is 1. The number of nitrogens with zero attached hydrogens (tertiary/aromatic N) is 1. The highest BCUT2D eigenvalue weighted by atomic mass is 79.9. The van der Waals surface area contributed by atoms with Crippen LogP contribution >= 0.6 is 15.9 Å². The van der Waals surface area contributed by atoms with Crippen LogP contribution in [0.1, 0.15) is 5.56 Å². The second kappa shape index (κ2) is 5.52. The van der Waals surface area contributed by atoms with Gasteiger partial charge in [-0.25, -0.2) is 0 Å². The van der Waals surface area contributed by atoms with Crippen molar-refractivity contribution in [1.29, 1.82) is 5.26 Å². The second-order valence-electron chi connectivity index (χ2n) is 3.18. The SMILES string of the molecule is COc1ccc(Br)cc1C[C@H](C#N)C(=O)O. The van der Waals surface area contributed by atoms with Crippen LogP contribution < -0.4 is 4.74 Å². The summed E-state index contributed by atoms with van der Waals surface area (Å²) in [5.41, 5.74) is 0.700. The predicted molar refractivity (Wildman–Crippen MR) is 61.1 cm³/mol.